The molecule has 5 heteroatoms. The van der Waals surface area contributed by atoms with Gasteiger partial charge < -0.3 is 11.1 Å². The third kappa shape index (κ3) is 3.80. The second-order valence-corrected chi connectivity index (χ2v) is 3.78. The van der Waals surface area contributed by atoms with Crippen LogP contribution < -0.4 is 11.1 Å². The summed E-state index contributed by atoms with van der Waals surface area (Å²) in [5.74, 6) is -2.79. The molecular formula is C8H12F2N2S. The molecule has 0 aliphatic carbocycles. The maximum Gasteiger partial charge on any atom is 0.272 e. The van der Waals surface area contributed by atoms with Crippen LogP contribution in [0.2, 0.25) is 0 Å². The van der Waals surface area contributed by atoms with Gasteiger partial charge in [-0.2, -0.15) is 0 Å². The highest BCUT2D eigenvalue weighted by Crippen LogP contribution is 2.11. The Morgan fingerprint density at radius 2 is 2.31 bits per heavy atom. The minimum Gasteiger partial charge on any atom is -0.325 e. The highest BCUT2D eigenvalue weighted by Gasteiger charge is 2.25. The molecule has 0 fully saturated rings. The number of hydrogen-bond acceptors (Lipinski definition) is 3. The Labute approximate surface area is 79.8 Å². The predicted molar refractivity (Wildman–Crippen MR) is 50.0 cm³/mol. The lowest BCUT2D eigenvalue weighted by molar-refractivity contribution is 0.0116. The van der Waals surface area contributed by atoms with Crippen molar-refractivity contribution in [1.82, 2.24) is 5.32 Å². The maximum atomic E-state index is 12.6. The van der Waals surface area contributed by atoms with Gasteiger partial charge in [0.05, 0.1) is 13.1 Å². The number of thiophene rings is 1. The van der Waals surface area contributed by atoms with E-state index in [0.717, 1.165) is 4.88 Å². The average molecular weight is 206 g/mol. The molecule has 3 N–H and O–H groups in total. The second-order valence-electron chi connectivity index (χ2n) is 2.74. The molecule has 0 spiro atoms. The van der Waals surface area contributed by atoms with Crippen molar-refractivity contribution in [3.05, 3.63) is 22.4 Å². The van der Waals surface area contributed by atoms with Gasteiger partial charge in [-0.3, -0.25) is 0 Å². The van der Waals surface area contributed by atoms with E-state index in [1.54, 1.807) is 11.3 Å². The largest absolute Gasteiger partial charge is 0.325 e. The molecule has 0 saturated heterocycles. The lowest BCUT2D eigenvalue weighted by atomic mass is 10.3. The predicted octanol–water partition coefficient (Wildman–Crippen LogP) is 1.43. The third-order valence-corrected chi connectivity index (χ3v) is 2.44. The molecule has 1 aromatic heterocycles. The number of nitrogens with two attached hydrogens (primary N) is 1. The van der Waals surface area contributed by atoms with E-state index < -0.39 is 12.5 Å². The number of hydrogen-bond donors (Lipinski definition) is 2. The van der Waals surface area contributed by atoms with Crippen LogP contribution in [0, 0.1) is 0 Å². The van der Waals surface area contributed by atoms with Gasteiger partial charge in [-0.15, -0.1) is 11.3 Å². The van der Waals surface area contributed by atoms with Gasteiger partial charge >= 0.3 is 0 Å². The molecule has 74 valence electrons. The molecule has 0 aliphatic rings. The first-order valence-corrected chi connectivity index (χ1v) is 4.83. The summed E-state index contributed by atoms with van der Waals surface area (Å²) in [6.45, 7) is -0.487. The van der Waals surface area contributed by atoms with Gasteiger partial charge in [-0.1, -0.05) is 6.07 Å². The van der Waals surface area contributed by atoms with Crippen LogP contribution in [0.25, 0.3) is 0 Å². The van der Waals surface area contributed by atoms with Crippen LogP contribution in [0.5, 0.6) is 0 Å². The van der Waals surface area contributed by atoms with Crippen molar-refractivity contribution in [2.24, 2.45) is 5.73 Å². The Morgan fingerprint density at radius 3 is 2.85 bits per heavy atom. The van der Waals surface area contributed by atoms with E-state index in [1.807, 2.05) is 17.5 Å². The van der Waals surface area contributed by atoms with Gasteiger partial charge in [0.25, 0.3) is 5.92 Å². The zero-order chi connectivity index (χ0) is 9.73. The minimum absolute atomic E-state index is 0.360. The smallest absolute Gasteiger partial charge is 0.272 e. The van der Waals surface area contributed by atoms with Gasteiger partial charge in [0.15, 0.2) is 0 Å². The summed E-state index contributed by atoms with van der Waals surface area (Å²) in [6.07, 6.45) is 0. The molecule has 1 heterocycles. The summed E-state index contributed by atoms with van der Waals surface area (Å²) in [5.41, 5.74) is 4.88. The third-order valence-electron chi connectivity index (χ3n) is 1.56. The van der Waals surface area contributed by atoms with Gasteiger partial charge in [0.1, 0.15) is 0 Å². The molecule has 0 amide bonds. The molecule has 0 saturated carbocycles. The first kappa shape index (κ1) is 10.6. The van der Waals surface area contributed by atoms with Crippen LogP contribution in [-0.4, -0.2) is 19.0 Å². The average Bonchev–Trinajstić information content (AvgIpc) is 2.57. The zero-order valence-corrected chi connectivity index (χ0v) is 7.91. The molecule has 1 rings (SSSR count). The molecule has 0 aliphatic heterocycles. The van der Waals surface area contributed by atoms with E-state index in [0.29, 0.717) is 6.54 Å². The zero-order valence-electron chi connectivity index (χ0n) is 7.09. The van der Waals surface area contributed by atoms with Crippen LogP contribution in [-0.2, 0) is 6.54 Å². The second kappa shape index (κ2) is 4.64. The van der Waals surface area contributed by atoms with Crippen LogP contribution >= 0.6 is 11.3 Å². The summed E-state index contributed by atoms with van der Waals surface area (Å²) < 4.78 is 25.2. The molecule has 0 unspecified atom stereocenters. The van der Waals surface area contributed by atoms with Crippen molar-refractivity contribution in [1.29, 1.82) is 0 Å². The first-order chi connectivity index (χ1) is 6.14. The number of halogens is 2. The molecule has 0 radical (unpaired) electrons. The summed E-state index contributed by atoms with van der Waals surface area (Å²) >= 11 is 1.54. The van der Waals surface area contributed by atoms with Crippen LogP contribution in [0.4, 0.5) is 8.78 Å². The molecular weight excluding hydrogens is 194 g/mol. The van der Waals surface area contributed by atoms with Gasteiger partial charge in [-0.05, 0) is 11.4 Å². The highest BCUT2D eigenvalue weighted by atomic mass is 32.1. The number of alkyl halides is 2. The quantitative estimate of drug-likeness (QED) is 0.765. The van der Waals surface area contributed by atoms with Crippen molar-refractivity contribution < 1.29 is 8.78 Å². The first-order valence-electron chi connectivity index (χ1n) is 3.95. The highest BCUT2D eigenvalue weighted by molar-refractivity contribution is 7.09. The topological polar surface area (TPSA) is 38.0 Å². The van der Waals surface area contributed by atoms with Crippen molar-refractivity contribution in [3.8, 4) is 0 Å². The van der Waals surface area contributed by atoms with Crippen molar-refractivity contribution >= 4 is 11.3 Å². The molecule has 0 aromatic carbocycles. The van der Waals surface area contributed by atoms with E-state index in [4.69, 9.17) is 5.73 Å². The molecule has 0 bridgehead atoms. The summed E-state index contributed by atoms with van der Waals surface area (Å²) in [7, 11) is 0. The Hall–Kier alpha value is -0.520. The lowest BCUT2D eigenvalue weighted by Crippen LogP contribution is -2.38. The monoisotopic (exact) mass is 206 g/mol. The summed E-state index contributed by atoms with van der Waals surface area (Å²) in [6, 6.07) is 3.79. The Bertz CT molecular complexity index is 236. The van der Waals surface area contributed by atoms with E-state index in [-0.39, 0.29) is 6.54 Å². The minimum atomic E-state index is -2.79. The fourth-order valence-corrected chi connectivity index (χ4v) is 1.53. The van der Waals surface area contributed by atoms with Crippen molar-refractivity contribution in [2.75, 3.05) is 13.1 Å². The van der Waals surface area contributed by atoms with Crippen LogP contribution in [0.15, 0.2) is 17.5 Å². The van der Waals surface area contributed by atoms with E-state index in [2.05, 4.69) is 5.32 Å². The molecule has 2 nitrogen and oxygen atoms in total. The fraction of sp³-hybridized carbons (Fsp3) is 0.500. The normalized spacial score (nSPS) is 11.9. The lowest BCUT2D eigenvalue weighted by Gasteiger charge is -2.13. The van der Waals surface area contributed by atoms with Crippen LogP contribution in [0.1, 0.15) is 4.88 Å². The molecule has 1 aromatic rings. The Morgan fingerprint density at radius 1 is 1.54 bits per heavy atom. The van der Waals surface area contributed by atoms with Gasteiger partial charge in [-0.25, -0.2) is 8.78 Å². The maximum absolute atomic E-state index is 12.6. The number of rotatable bonds is 5. The summed E-state index contributed by atoms with van der Waals surface area (Å²) in [4.78, 5) is 1.05. The van der Waals surface area contributed by atoms with E-state index in [1.165, 1.54) is 0 Å². The summed E-state index contributed by atoms with van der Waals surface area (Å²) in [5, 5.41) is 4.57. The molecule has 0 atom stereocenters. The Kier molecular flexibility index (Phi) is 3.77. The van der Waals surface area contributed by atoms with E-state index >= 15 is 0 Å². The van der Waals surface area contributed by atoms with Gasteiger partial charge in [0, 0.05) is 11.4 Å². The number of nitrogens with one attached hydrogen (secondary N) is 1. The standard InChI is InChI=1S/C8H12F2N2S/c9-8(10,5-11)6-12-4-7-2-1-3-13-7/h1-3,12H,4-6,11H2. The van der Waals surface area contributed by atoms with E-state index in [9.17, 15) is 8.78 Å². The molecule has 13 heavy (non-hydrogen) atoms. The SMILES string of the molecule is NCC(F)(F)CNCc1cccs1. The Balaban J connectivity index is 2.21. The fourth-order valence-electron chi connectivity index (χ4n) is 0.854. The van der Waals surface area contributed by atoms with Crippen molar-refractivity contribution in [3.63, 3.8) is 0 Å². The van der Waals surface area contributed by atoms with Crippen LogP contribution in [0.3, 0.4) is 0 Å². The van der Waals surface area contributed by atoms with Crippen molar-refractivity contribution in [2.45, 2.75) is 12.5 Å². The van der Waals surface area contributed by atoms with Gasteiger partial charge in [0.2, 0.25) is 0 Å².